The number of hydrogen-bond donors (Lipinski definition) is 1. The average Bonchev–Trinajstić information content (AvgIpc) is 3.23. The second kappa shape index (κ2) is 40.7. The van der Waals surface area contributed by atoms with E-state index in [1.807, 2.05) is 0 Å². The number of esters is 1. The molecule has 0 aromatic heterocycles. The van der Waals surface area contributed by atoms with Gasteiger partial charge in [-0.1, -0.05) is 230 Å². The Morgan fingerprint density at radius 3 is 1.15 bits per heavy atom. The highest BCUT2D eigenvalue weighted by molar-refractivity contribution is 5.86. The van der Waals surface area contributed by atoms with Gasteiger partial charge in [0.1, 0.15) is 12.7 Å². The van der Waals surface area contributed by atoms with Crippen LogP contribution in [0, 0.1) is 22.2 Å². The van der Waals surface area contributed by atoms with Gasteiger partial charge in [0.2, 0.25) is 0 Å². The molecule has 0 aliphatic rings. The standard InChI is InChI=1S/C59H116O7/c1-13-14-15-16-26-33-41-53(42-40-46-62-50-54(60)51-63-55(61)52(2)3)59(64-47-37-30-23-17-20-27-34-43-56(4,5)6,65-48-38-31-24-18-21-28-35-44-57(7,8)9)66-49-39-32-25-19-22-29-36-45-58(10,11)12/h53-54,60H,2,13-51H2,1,3-12H3. The van der Waals surface area contributed by atoms with Gasteiger partial charge in [0.05, 0.1) is 26.4 Å². The highest BCUT2D eigenvalue weighted by Crippen LogP contribution is 2.36. The monoisotopic (exact) mass is 937 g/mol. The third-order valence-electron chi connectivity index (χ3n) is 12.9. The molecule has 0 rings (SSSR count). The Bertz CT molecular complexity index is 1020. The van der Waals surface area contributed by atoms with E-state index in [0.717, 1.165) is 44.9 Å². The Labute approximate surface area is 412 Å². The summed E-state index contributed by atoms with van der Waals surface area (Å²) in [5.41, 5.74) is 1.60. The number of aliphatic hydroxyl groups excluding tert-OH is 1. The van der Waals surface area contributed by atoms with Crippen molar-refractivity contribution in [2.75, 3.05) is 39.6 Å². The van der Waals surface area contributed by atoms with E-state index in [4.69, 9.17) is 23.7 Å². The minimum atomic E-state index is -1.08. The molecule has 1 N–H and O–H groups in total. The summed E-state index contributed by atoms with van der Waals surface area (Å²) >= 11 is 0. The number of aliphatic hydroxyl groups is 1. The highest BCUT2D eigenvalue weighted by Gasteiger charge is 2.42. The minimum Gasteiger partial charge on any atom is -0.460 e. The van der Waals surface area contributed by atoms with Crippen LogP contribution in [0.4, 0.5) is 0 Å². The van der Waals surface area contributed by atoms with Crippen molar-refractivity contribution in [1.29, 1.82) is 0 Å². The first-order valence-electron chi connectivity index (χ1n) is 28.3. The second-order valence-electron chi connectivity index (χ2n) is 24.0. The van der Waals surface area contributed by atoms with Crippen molar-refractivity contribution in [3.63, 3.8) is 0 Å². The van der Waals surface area contributed by atoms with E-state index in [1.54, 1.807) is 6.92 Å². The van der Waals surface area contributed by atoms with Crippen molar-refractivity contribution in [2.45, 2.75) is 300 Å². The van der Waals surface area contributed by atoms with Gasteiger partial charge in [0.25, 0.3) is 5.97 Å². The first kappa shape index (κ1) is 65.0. The lowest BCUT2D eigenvalue weighted by molar-refractivity contribution is -0.407. The van der Waals surface area contributed by atoms with Gasteiger partial charge in [0.15, 0.2) is 0 Å². The van der Waals surface area contributed by atoms with Crippen molar-refractivity contribution in [3.05, 3.63) is 12.2 Å². The molecule has 0 aliphatic carbocycles. The van der Waals surface area contributed by atoms with Gasteiger partial charge in [-0.3, -0.25) is 0 Å². The Morgan fingerprint density at radius 1 is 0.455 bits per heavy atom. The number of unbranched alkanes of at least 4 members (excludes halogenated alkanes) is 23. The Kier molecular flexibility index (Phi) is 40.1. The van der Waals surface area contributed by atoms with Gasteiger partial charge in [-0.05, 0) is 81.0 Å². The van der Waals surface area contributed by atoms with Crippen LogP contribution in [0.25, 0.3) is 0 Å². The molecule has 0 heterocycles. The summed E-state index contributed by atoms with van der Waals surface area (Å²) in [6.45, 7) is 31.1. The molecule has 0 aromatic carbocycles. The largest absolute Gasteiger partial charge is 0.460 e. The van der Waals surface area contributed by atoms with Crippen molar-refractivity contribution in [2.24, 2.45) is 22.2 Å². The smallest absolute Gasteiger partial charge is 0.333 e. The molecule has 0 spiro atoms. The molecular formula is C59H116O7. The third kappa shape index (κ3) is 43.1. The van der Waals surface area contributed by atoms with Crippen LogP contribution in [-0.2, 0) is 28.5 Å². The highest BCUT2D eigenvalue weighted by atomic mass is 16.9. The third-order valence-corrected chi connectivity index (χ3v) is 12.9. The molecule has 394 valence electrons. The van der Waals surface area contributed by atoms with E-state index in [0.29, 0.717) is 48.2 Å². The van der Waals surface area contributed by atoms with Gasteiger partial charge >= 0.3 is 5.97 Å². The maximum atomic E-state index is 11.9. The second-order valence-corrected chi connectivity index (χ2v) is 24.0. The Hall–Kier alpha value is -0.990. The first-order valence-corrected chi connectivity index (χ1v) is 28.3. The zero-order valence-corrected chi connectivity index (χ0v) is 46.3. The fourth-order valence-electron chi connectivity index (χ4n) is 8.71. The predicted molar refractivity (Wildman–Crippen MR) is 283 cm³/mol. The quantitative estimate of drug-likeness (QED) is 0.0282. The summed E-state index contributed by atoms with van der Waals surface area (Å²) in [4.78, 5) is 11.9. The number of carbonyl (C=O) groups is 1. The lowest BCUT2D eigenvalue weighted by atomic mass is 9.89. The maximum absolute atomic E-state index is 11.9. The molecule has 0 saturated heterocycles. The van der Waals surface area contributed by atoms with Crippen LogP contribution in [0.1, 0.15) is 288 Å². The number of ether oxygens (including phenoxy) is 5. The van der Waals surface area contributed by atoms with E-state index in [2.05, 4.69) is 75.8 Å². The van der Waals surface area contributed by atoms with Crippen LogP contribution in [0.5, 0.6) is 0 Å². The number of rotatable bonds is 47. The maximum Gasteiger partial charge on any atom is 0.333 e. The van der Waals surface area contributed by atoms with Gasteiger partial charge < -0.3 is 28.8 Å². The molecule has 7 nitrogen and oxygen atoms in total. The summed E-state index contributed by atoms with van der Waals surface area (Å²) in [5, 5.41) is 10.5. The lowest BCUT2D eigenvalue weighted by Gasteiger charge is -2.40. The van der Waals surface area contributed by atoms with Crippen LogP contribution in [0.3, 0.4) is 0 Å². The summed E-state index contributed by atoms with van der Waals surface area (Å²) in [7, 11) is 0. The molecule has 0 radical (unpaired) electrons. The summed E-state index contributed by atoms with van der Waals surface area (Å²) in [6.07, 6.45) is 39.2. The van der Waals surface area contributed by atoms with Gasteiger partial charge in [-0.2, -0.15) is 0 Å². The average molecular weight is 938 g/mol. The zero-order valence-electron chi connectivity index (χ0n) is 46.3. The first-order chi connectivity index (χ1) is 31.3. The molecule has 0 fully saturated rings. The Balaban J connectivity index is 5.96. The summed E-state index contributed by atoms with van der Waals surface area (Å²) in [5.74, 6) is -1.50. The van der Waals surface area contributed by atoms with Crippen LogP contribution in [0.15, 0.2) is 12.2 Å². The van der Waals surface area contributed by atoms with Crippen LogP contribution in [-0.4, -0.2) is 62.8 Å². The fraction of sp³-hybridized carbons (Fsp3) is 0.949. The van der Waals surface area contributed by atoms with Crippen LogP contribution >= 0.6 is 0 Å². The number of hydrogen-bond acceptors (Lipinski definition) is 7. The molecule has 2 atom stereocenters. The molecule has 0 amide bonds. The summed E-state index contributed by atoms with van der Waals surface area (Å²) in [6, 6.07) is 0. The van der Waals surface area contributed by atoms with E-state index in [-0.39, 0.29) is 19.1 Å². The molecule has 0 aromatic rings. The molecule has 2 unspecified atom stereocenters. The topological polar surface area (TPSA) is 83.5 Å². The normalized spacial score (nSPS) is 13.6. The zero-order chi connectivity index (χ0) is 49.4. The van der Waals surface area contributed by atoms with Crippen molar-refractivity contribution >= 4 is 5.97 Å². The molecule has 66 heavy (non-hydrogen) atoms. The molecular weight excluding hydrogens is 821 g/mol. The molecule has 0 saturated carbocycles. The molecule has 0 bridgehead atoms. The summed E-state index contributed by atoms with van der Waals surface area (Å²) < 4.78 is 32.3. The SMILES string of the molecule is C=C(C)C(=O)OCC(O)COCCCC(CCCCCCCC)C(OCCCCCCCCCC(C)(C)C)(OCCCCCCCCCC(C)(C)C)OCCCCCCCCCC(C)(C)C. The van der Waals surface area contributed by atoms with Gasteiger partial charge in [0, 0.05) is 18.1 Å². The molecule has 7 heteroatoms. The lowest BCUT2D eigenvalue weighted by Crippen LogP contribution is -2.47. The van der Waals surface area contributed by atoms with Gasteiger partial charge in [-0.15, -0.1) is 0 Å². The van der Waals surface area contributed by atoms with Crippen LogP contribution < -0.4 is 0 Å². The van der Waals surface area contributed by atoms with E-state index in [1.165, 1.54) is 167 Å². The van der Waals surface area contributed by atoms with Crippen molar-refractivity contribution in [3.8, 4) is 0 Å². The van der Waals surface area contributed by atoms with E-state index < -0.39 is 18.0 Å². The number of carbonyl (C=O) groups excluding carboxylic acids is 1. The molecule has 0 aliphatic heterocycles. The van der Waals surface area contributed by atoms with Crippen LogP contribution in [0.2, 0.25) is 0 Å². The Morgan fingerprint density at radius 2 is 0.788 bits per heavy atom. The van der Waals surface area contributed by atoms with E-state index >= 15 is 0 Å². The predicted octanol–water partition coefficient (Wildman–Crippen LogP) is 17.8. The van der Waals surface area contributed by atoms with Crippen molar-refractivity contribution < 1.29 is 33.6 Å². The van der Waals surface area contributed by atoms with Gasteiger partial charge in [-0.25, -0.2) is 4.79 Å². The van der Waals surface area contributed by atoms with E-state index in [9.17, 15) is 9.90 Å². The van der Waals surface area contributed by atoms with Crippen molar-refractivity contribution in [1.82, 2.24) is 0 Å². The fourth-order valence-corrected chi connectivity index (χ4v) is 8.71. The minimum absolute atomic E-state index is 0.0715.